The number of aryl methyl sites for hydroxylation is 1. The number of para-hydroxylation sites is 2. The van der Waals surface area contributed by atoms with Crippen LogP contribution in [0.1, 0.15) is 0 Å². The smallest absolute Gasteiger partial charge is 0.386 e. The Hall–Kier alpha value is -2.36. The Morgan fingerprint density at radius 2 is 1.11 bits per heavy atom. The van der Waals surface area contributed by atoms with Gasteiger partial charge in [0, 0.05) is 0 Å². The van der Waals surface area contributed by atoms with Crippen LogP contribution < -0.4 is 0 Å². The zero-order valence-corrected chi connectivity index (χ0v) is 17.9. The molecule has 2 aliphatic heterocycles. The average Bonchev–Trinajstić information content (AvgIpc) is 2.75. The average molecular weight is 418 g/mol. The fourth-order valence-electron chi connectivity index (χ4n) is 3.97. The van der Waals surface area contributed by atoms with Crippen LogP contribution in [0.15, 0.2) is 93.3 Å². The predicted molar refractivity (Wildman–Crippen MR) is 125 cm³/mol. The minimum atomic E-state index is -1.12. The molecule has 0 fully saturated rings. The Labute approximate surface area is 165 Å². The maximum absolute atomic E-state index is 6.67. The van der Waals surface area contributed by atoms with Crippen LogP contribution in [-0.4, -0.2) is 0 Å². The second-order valence-corrected chi connectivity index (χ2v) is 13.6. The fraction of sp³-hybridized carbons (Fsp3) is 0.0435. The number of rotatable bonds is 0. The lowest BCUT2D eigenvalue weighted by Gasteiger charge is -2.01. The molecule has 4 heterocycles. The molecule has 0 radical (unpaired) electrons. The molecule has 6 rings (SSSR count). The predicted octanol–water partition coefficient (Wildman–Crippen LogP) is 9.42. The fourth-order valence-corrected chi connectivity index (χ4v) is 12.5. The van der Waals surface area contributed by atoms with E-state index >= 15 is 0 Å². The summed E-state index contributed by atoms with van der Waals surface area (Å²) in [5.41, 5.74) is 1.88. The van der Waals surface area contributed by atoms with Crippen LogP contribution in [0.2, 0.25) is 0 Å². The zero-order chi connectivity index (χ0) is 18.7. The summed E-state index contributed by atoms with van der Waals surface area (Å²) in [7, 11) is -2.26. The van der Waals surface area contributed by atoms with Crippen molar-refractivity contribution in [2.24, 2.45) is 6.66 Å². The standard InChI is InChI=1S/C23H17O2P3/c1-26-20-12-6-14-22(26)23-15-7-13-21-17-9-3-5-11-19(17)25-28(27(21)23)24-18-10-4-2-8-16(18)20/h2-15H,1H3/q+2. The molecule has 2 aromatic heterocycles. The van der Waals surface area contributed by atoms with Crippen molar-refractivity contribution in [1.82, 2.24) is 0 Å². The summed E-state index contributed by atoms with van der Waals surface area (Å²) in [6.45, 7) is 2.37. The Kier molecular flexibility index (Phi) is 3.75. The molecule has 0 saturated carbocycles. The maximum atomic E-state index is 6.67. The summed E-state index contributed by atoms with van der Waals surface area (Å²) in [6, 6.07) is 30.3. The third-order valence-electron chi connectivity index (χ3n) is 5.30. The van der Waals surface area contributed by atoms with Gasteiger partial charge in [-0.3, -0.25) is 0 Å². The van der Waals surface area contributed by atoms with E-state index in [0.717, 1.165) is 11.2 Å². The van der Waals surface area contributed by atoms with Gasteiger partial charge in [0.25, 0.3) is 7.22 Å². The van der Waals surface area contributed by atoms with Crippen LogP contribution in [0.5, 0.6) is 0 Å². The summed E-state index contributed by atoms with van der Waals surface area (Å²) < 4.78 is 13.2. The third kappa shape index (κ3) is 2.36. The molecule has 5 heteroatoms. The molecule has 0 saturated heterocycles. The molecule has 134 valence electrons. The minimum Gasteiger partial charge on any atom is -0.386 e. The summed E-state index contributed by atoms with van der Waals surface area (Å²) in [5.74, 6) is 0. The summed E-state index contributed by atoms with van der Waals surface area (Å²) in [6.07, 6.45) is 0. The molecule has 3 atom stereocenters. The molecule has 2 aliphatic rings. The van der Waals surface area contributed by atoms with Gasteiger partial charge in [0.15, 0.2) is 15.4 Å². The minimum absolute atomic E-state index is 0.440. The Bertz CT molecular complexity index is 1540. The molecule has 0 spiro atoms. The van der Waals surface area contributed by atoms with Gasteiger partial charge in [-0.1, -0.05) is 36.4 Å². The van der Waals surface area contributed by atoms with E-state index in [1.165, 1.54) is 31.2 Å². The van der Waals surface area contributed by atoms with Crippen molar-refractivity contribution >= 4 is 64.9 Å². The highest BCUT2D eigenvalue weighted by Gasteiger charge is 2.31. The van der Waals surface area contributed by atoms with Crippen LogP contribution >= 0.6 is 22.5 Å². The molecule has 2 nitrogen and oxygen atoms in total. The SMILES string of the molecule is C[p+]1c2cccc1c1cccc3c4ccccc4op(oc4ccccc42)-[p+]31. The molecule has 0 aliphatic carbocycles. The van der Waals surface area contributed by atoms with Gasteiger partial charge >= 0.3 is 7.70 Å². The van der Waals surface area contributed by atoms with E-state index in [-0.39, 0.29) is 0 Å². The highest BCUT2D eigenvalue weighted by molar-refractivity contribution is 8.21. The molecule has 3 unspecified atom stereocenters. The maximum Gasteiger partial charge on any atom is 0.462 e. The molecule has 2 bridgehead atoms. The van der Waals surface area contributed by atoms with Gasteiger partial charge in [-0.2, -0.15) is 0 Å². The van der Waals surface area contributed by atoms with Crippen LogP contribution in [0.3, 0.4) is 0 Å². The molecule has 0 N–H and O–H groups in total. The van der Waals surface area contributed by atoms with Gasteiger partial charge in [0.05, 0.1) is 10.8 Å². The van der Waals surface area contributed by atoms with E-state index in [1.54, 1.807) is 0 Å². The van der Waals surface area contributed by atoms with Crippen molar-refractivity contribution in [3.8, 4) is 0 Å². The van der Waals surface area contributed by atoms with E-state index in [4.69, 9.17) is 8.39 Å². The van der Waals surface area contributed by atoms with Crippen molar-refractivity contribution < 1.29 is 8.39 Å². The van der Waals surface area contributed by atoms with E-state index in [0.29, 0.717) is 0 Å². The molecular weight excluding hydrogens is 401 g/mol. The van der Waals surface area contributed by atoms with Crippen molar-refractivity contribution in [3.05, 3.63) is 84.9 Å². The second-order valence-electron chi connectivity index (χ2n) is 6.88. The third-order valence-corrected chi connectivity index (χ3v) is 13.2. The van der Waals surface area contributed by atoms with E-state index in [9.17, 15) is 0 Å². The number of fused-ring (bicyclic) bond motifs is 7. The first kappa shape index (κ1) is 16.6. The topological polar surface area (TPSA) is 26.3 Å². The first-order valence-electron chi connectivity index (χ1n) is 9.21. The lowest BCUT2D eigenvalue weighted by atomic mass is 10.2. The normalized spacial score (nSPS) is 13.7. The number of hydrogen-bond acceptors (Lipinski definition) is 2. The second kappa shape index (κ2) is 6.33. The van der Waals surface area contributed by atoms with Gasteiger partial charge < -0.3 is 8.39 Å². The number of benzene rings is 2. The van der Waals surface area contributed by atoms with Gasteiger partial charge in [-0.05, 0) is 48.5 Å². The van der Waals surface area contributed by atoms with Crippen molar-refractivity contribution in [2.75, 3.05) is 0 Å². The number of hydrogen-bond donors (Lipinski definition) is 0. The molecule has 28 heavy (non-hydrogen) atoms. The van der Waals surface area contributed by atoms with Crippen LogP contribution in [-0.2, 0) is 6.66 Å². The van der Waals surface area contributed by atoms with Crippen molar-refractivity contribution in [3.63, 3.8) is 0 Å². The highest BCUT2D eigenvalue weighted by Crippen LogP contribution is 2.66. The lowest BCUT2D eigenvalue weighted by Crippen LogP contribution is -1.74. The van der Waals surface area contributed by atoms with Crippen LogP contribution in [0.4, 0.5) is 0 Å². The molecule has 0 amide bonds. The lowest BCUT2D eigenvalue weighted by molar-refractivity contribution is 0.654. The first-order chi connectivity index (χ1) is 13.8. The Balaban J connectivity index is 2.04. The van der Waals surface area contributed by atoms with Crippen LogP contribution in [0.25, 0.3) is 42.4 Å². The largest absolute Gasteiger partial charge is 0.462 e. The molecule has 2 aromatic carbocycles. The zero-order valence-electron chi connectivity index (χ0n) is 15.2. The van der Waals surface area contributed by atoms with Crippen molar-refractivity contribution in [1.29, 1.82) is 0 Å². The van der Waals surface area contributed by atoms with Crippen LogP contribution in [0, 0.1) is 0 Å². The quantitative estimate of drug-likeness (QED) is 0.230. The summed E-state index contributed by atoms with van der Waals surface area (Å²) in [5, 5.41) is 8.03. The van der Waals surface area contributed by atoms with E-state index < -0.39 is 22.5 Å². The summed E-state index contributed by atoms with van der Waals surface area (Å²) >= 11 is 0. The van der Waals surface area contributed by atoms with Gasteiger partial charge in [0.1, 0.15) is 25.4 Å². The van der Waals surface area contributed by atoms with Gasteiger partial charge in [0.2, 0.25) is 5.12 Å². The highest BCUT2D eigenvalue weighted by atomic mass is 32.0. The molecule has 4 aromatic rings. The summed E-state index contributed by atoms with van der Waals surface area (Å²) in [4.78, 5) is 0. The van der Waals surface area contributed by atoms with E-state index in [1.807, 2.05) is 6.07 Å². The monoisotopic (exact) mass is 418 g/mol. The van der Waals surface area contributed by atoms with Gasteiger partial charge in [-0.25, -0.2) is 0 Å². The van der Waals surface area contributed by atoms with Crippen molar-refractivity contribution in [2.45, 2.75) is 0 Å². The first-order valence-corrected chi connectivity index (χ1v) is 14.2. The Morgan fingerprint density at radius 3 is 1.82 bits per heavy atom. The van der Waals surface area contributed by atoms with E-state index in [2.05, 4.69) is 85.5 Å². The van der Waals surface area contributed by atoms with Gasteiger partial charge in [-0.15, -0.1) is 0 Å². The Morgan fingerprint density at radius 1 is 0.571 bits per heavy atom. The molecular formula is C23H17O2P3+2.